The van der Waals surface area contributed by atoms with Gasteiger partial charge in [-0.2, -0.15) is 0 Å². The lowest BCUT2D eigenvalue weighted by Crippen LogP contribution is -2.53. The quantitative estimate of drug-likeness (QED) is 0.401. The summed E-state index contributed by atoms with van der Waals surface area (Å²) in [6, 6.07) is 0. The maximum atomic E-state index is 10.3. The highest BCUT2D eigenvalue weighted by molar-refractivity contribution is 5.67. The Labute approximate surface area is 74.4 Å². The SMILES string of the molecule is O=C(O)CC1OC[C@@H](O)[C@@H](O)[C@H]1O. The first-order valence-electron chi connectivity index (χ1n) is 3.90. The standard InChI is InChI=1S/C7H12O6/c8-3-2-13-4(1-5(9)10)7(12)6(3)11/h3-4,6-8,11-12H,1-2H2,(H,9,10)/t3-,4?,6-,7+/m1/s1. The molecule has 6 heteroatoms. The van der Waals surface area contributed by atoms with Crippen LogP contribution in [0, 0.1) is 0 Å². The summed E-state index contributed by atoms with van der Waals surface area (Å²) in [6.45, 7) is -0.157. The van der Waals surface area contributed by atoms with Gasteiger partial charge >= 0.3 is 5.97 Å². The predicted octanol–water partition coefficient (Wildman–Crippen LogP) is -2.06. The molecular weight excluding hydrogens is 180 g/mol. The van der Waals surface area contributed by atoms with Crippen molar-refractivity contribution in [2.24, 2.45) is 0 Å². The minimum absolute atomic E-state index is 0.157. The lowest BCUT2D eigenvalue weighted by molar-refractivity contribution is -0.192. The van der Waals surface area contributed by atoms with E-state index in [0.717, 1.165) is 0 Å². The summed E-state index contributed by atoms with van der Waals surface area (Å²) in [5.74, 6) is -1.12. The molecule has 0 saturated carbocycles. The summed E-state index contributed by atoms with van der Waals surface area (Å²) in [5.41, 5.74) is 0. The third kappa shape index (κ3) is 2.38. The van der Waals surface area contributed by atoms with Gasteiger partial charge in [-0.05, 0) is 0 Å². The maximum Gasteiger partial charge on any atom is 0.306 e. The van der Waals surface area contributed by atoms with E-state index in [9.17, 15) is 9.90 Å². The average molecular weight is 192 g/mol. The first-order valence-corrected chi connectivity index (χ1v) is 3.90. The molecule has 1 heterocycles. The highest BCUT2D eigenvalue weighted by Gasteiger charge is 2.38. The first kappa shape index (κ1) is 10.4. The summed E-state index contributed by atoms with van der Waals surface area (Å²) in [4.78, 5) is 10.3. The Bertz CT molecular complexity index is 193. The van der Waals surface area contributed by atoms with Crippen LogP contribution in [0.15, 0.2) is 0 Å². The summed E-state index contributed by atoms with van der Waals surface area (Å²) in [6.07, 6.45) is -5.17. The molecule has 0 spiro atoms. The van der Waals surface area contributed by atoms with Crippen LogP contribution in [0.25, 0.3) is 0 Å². The Morgan fingerprint density at radius 2 is 1.92 bits per heavy atom. The second-order valence-corrected chi connectivity index (χ2v) is 3.02. The van der Waals surface area contributed by atoms with Crippen LogP contribution in [-0.2, 0) is 9.53 Å². The van der Waals surface area contributed by atoms with E-state index in [4.69, 9.17) is 20.1 Å². The Balaban J connectivity index is 2.53. The molecule has 4 atom stereocenters. The lowest BCUT2D eigenvalue weighted by Gasteiger charge is -2.34. The number of ether oxygens (including phenoxy) is 1. The van der Waals surface area contributed by atoms with Crippen LogP contribution in [0.3, 0.4) is 0 Å². The van der Waals surface area contributed by atoms with Gasteiger partial charge in [0.15, 0.2) is 0 Å². The molecule has 0 aromatic heterocycles. The number of aliphatic hydroxyl groups excluding tert-OH is 3. The zero-order valence-electron chi connectivity index (χ0n) is 6.83. The maximum absolute atomic E-state index is 10.3. The van der Waals surface area contributed by atoms with Crippen LogP contribution >= 0.6 is 0 Å². The van der Waals surface area contributed by atoms with Crippen LogP contribution in [0.1, 0.15) is 6.42 Å². The van der Waals surface area contributed by atoms with Crippen molar-refractivity contribution in [3.63, 3.8) is 0 Å². The Morgan fingerprint density at radius 3 is 2.46 bits per heavy atom. The molecule has 6 nitrogen and oxygen atoms in total. The van der Waals surface area contributed by atoms with Crippen molar-refractivity contribution in [1.29, 1.82) is 0 Å². The third-order valence-corrected chi connectivity index (χ3v) is 1.98. The van der Waals surface area contributed by atoms with Crippen LogP contribution in [0.5, 0.6) is 0 Å². The monoisotopic (exact) mass is 192 g/mol. The van der Waals surface area contributed by atoms with Crippen molar-refractivity contribution < 1.29 is 30.0 Å². The number of carboxylic acids is 1. The number of aliphatic carboxylic acids is 1. The minimum Gasteiger partial charge on any atom is -0.481 e. The van der Waals surface area contributed by atoms with Crippen molar-refractivity contribution in [1.82, 2.24) is 0 Å². The van der Waals surface area contributed by atoms with Gasteiger partial charge in [-0.25, -0.2) is 0 Å². The molecule has 0 radical (unpaired) electrons. The molecule has 1 fully saturated rings. The zero-order valence-corrected chi connectivity index (χ0v) is 6.83. The molecular formula is C7H12O6. The van der Waals surface area contributed by atoms with Crippen molar-refractivity contribution in [3.05, 3.63) is 0 Å². The van der Waals surface area contributed by atoms with Gasteiger partial charge in [0.1, 0.15) is 18.3 Å². The van der Waals surface area contributed by atoms with E-state index in [1.54, 1.807) is 0 Å². The molecule has 1 saturated heterocycles. The molecule has 0 aliphatic carbocycles. The van der Waals surface area contributed by atoms with Crippen molar-refractivity contribution in [3.8, 4) is 0 Å². The number of hydrogen-bond acceptors (Lipinski definition) is 5. The van der Waals surface area contributed by atoms with Crippen LogP contribution in [-0.4, -0.2) is 57.4 Å². The van der Waals surface area contributed by atoms with Crippen molar-refractivity contribution in [2.75, 3.05) is 6.61 Å². The molecule has 13 heavy (non-hydrogen) atoms. The van der Waals surface area contributed by atoms with Crippen LogP contribution in [0.4, 0.5) is 0 Å². The zero-order chi connectivity index (χ0) is 10.0. The van der Waals surface area contributed by atoms with Gasteiger partial charge in [0.05, 0.1) is 19.1 Å². The molecule has 1 aliphatic rings. The fourth-order valence-corrected chi connectivity index (χ4v) is 1.22. The Morgan fingerprint density at radius 1 is 1.31 bits per heavy atom. The van der Waals surface area contributed by atoms with Crippen LogP contribution in [0.2, 0.25) is 0 Å². The molecule has 0 bridgehead atoms. The van der Waals surface area contributed by atoms with Gasteiger partial charge in [0.25, 0.3) is 0 Å². The fraction of sp³-hybridized carbons (Fsp3) is 0.857. The summed E-state index contributed by atoms with van der Waals surface area (Å²) in [5, 5.41) is 35.8. The first-order chi connectivity index (χ1) is 6.02. The van der Waals surface area contributed by atoms with E-state index >= 15 is 0 Å². The molecule has 0 aromatic carbocycles. The minimum atomic E-state index is -1.35. The molecule has 76 valence electrons. The molecule has 4 N–H and O–H groups in total. The fourth-order valence-electron chi connectivity index (χ4n) is 1.22. The van der Waals surface area contributed by atoms with Gasteiger partial charge < -0.3 is 25.2 Å². The molecule has 1 rings (SSSR count). The second kappa shape index (κ2) is 4.01. The molecule has 0 amide bonds. The van der Waals surface area contributed by atoms with Gasteiger partial charge in [0, 0.05) is 0 Å². The lowest BCUT2D eigenvalue weighted by atomic mass is 9.98. The van der Waals surface area contributed by atoms with Crippen LogP contribution < -0.4 is 0 Å². The number of carbonyl (C=O) groups is 1. The van der Waals surface area contributed by atoms with Crippen molar-refractivity contribution in [2.45, 2.75) is 30.8 Å². The highest BCUT2D eigenvalue weighted by Crippen LogP contribution is 2.17. The predicted molar refractivity (Wildman–Crippen MR) is 40.0 cm³/mol. The second-order valence-electron chi connectivity index (χ2n) is 3.02. The van der Waals surface area contributed by atoms with Crippen molar-refractivity contribution >= 4 is 5.97 Å². The number of hydrogen-bond donors (Lipinski definition) is 4. The van der Waals surface area contributed by atoms with E-state index in [1.807, 2.05) is 0 Å². The van der Waals surface area contributed by atoms with Gasteiger partial charge in [-0.15, -0.1) is 0 Å². The van der Waals surface area contributed by atoms with E-state index in [-0.39, 0.29) is 13.0 Å². The largest absolute Gasteiger partial charge is 0.481 e. The Kier molecular flexibility index (Phi) is 3.21. The topological polar surface area (TPSA) is 107 Å². The van der Waals surface area contributed by atoms with E-state index in [2.05, 4.69) is 0 Å². The van der Waals surface area contributed by atoms with E-state index in [0.29, 0.717) is 0 Å². The van der Waals surface area contributed by atoms with Gasteiger partial charge in [-0.1, -0.05) is 0 Å². The summed E-state index contributed by atoms with van der Waals surface area (Å²) < 4.78 is 4.84. The van der Waals surface area contributed by atoms with E-state index in [1.165, 1.54) is 0 Å². The molecule has 1 aliphatic heterocycles. The Hall–Kier alpha value is -0.690. The average Bonchev–Trinajstić information content (AvgIpc) is 2.06. The summed E-state index contributed by atoms with van der Waals surface area (Å²) in [7, 11) is 0. The van der Waals surface area contributed by atoms with Gasteiger partial charge in [0.2, 0.25) is 0 Å². The molecule has 1 unspecified atom stereocenters. The van der Waals surface area contributed by atoms with Gasteiger partial charge in [-0.3, -0.25) is 4.79 Å². The number of carboxylic acid groups (broad SMARTS) is 1. The smallest absolute Gasteiger partial charge is 0.306 e. The molecule has 0 aromatic rings. The third-order valence-electron chi connectivity index (χ3n) is 1.98. The number of rotatable bonds is 2. The highest BCUT2D eigenvalue weighted by atomic mass is 16.5. The normalized spacial score (nSPS) is 40.2. The van der Waals surface area contributed by atoms with E-state index < -0.39 is 30.4 Å². The summed E-state index contributed by atoms with van der Waals surface area (Å²) >= 11 is 0. The number of aliphatic hydroxyl groups is 3.